The van der Waals surface area contributed by atoms with Crippen molar-refractivity contribution >= 4 is 11.6 Å². The van der Waals surface area contributed by atoms with Crippen molar-refractivity contribution in [2.45, 2.75) is 31.7 Å². The fraction of sp³-hybridized carbons (Fsp3) is 0.727. The summed E-state index contributed by atoms with van der Waals surface area (Å²) in [6, 6.07) is 0. The van der Waals surface area contributed by atoms with Crippen molar-refractivity contribution in [3.05, 3.63) is 18.2 Å². The highest BCUT2D eigenvalue weighted by molar-refractivity contribution is 6.16. The molecule has 0 N–H and O–H groups in total. The molecule has 0 aromatic carbocycles. The molecule has 0 aliphatic heterocycles. The van der Waals surface area contributed by atoms with Crippen molar-refractivity contribution in [2.24, 2.45) is 5.92 Å². The molecule has 1 heterocycles. The van der Waals surface area contributed by atoms with Crippen LogP contribution in [0, 0.1) is 5.92 Å². The van der Waals surface area contributed by atoms with Crippen molar-refractivity contribution in [2.75, 3.05) is 13.2 Å². The Morgan fingerprint density at radius 1 is 1.53 bits per heavy atom. The summed E-state index contributed by atoms with van der Waals surface area (Å²) in [5, 5.41) is 0. The van der Waals surface area contributed by atoms with Gasteiger partial charge in [0.25, 0.3) is 0 Å². The van der Waals surface area contributed by atoms with E-state index in [1.165, 1.54) is 12.8 Å². The van der Waals surface area contributed by atoms with E-state index in [1.807, 2.05) is 12.5 Å². The third-order valence-corrected chi connectivity index (χ3v) is 2.95. The number of aryl methyl sites for hydroxylation is 1. The van der Waals surface area contributed by atoms with Gasteiger partial charge in [0.15, 0.2) is 0 Å². The molecule has 4 heteroatoms. The van der Waals surface area contributed by atoms with Gasteiger partial charge in [0.05, 0.1) is 17.9 Å². The average Bonchev–Trinajstić information content (AvgIpc) is 2.96. The Hall–Kier alpha value is -0.540. The highest BCUT2D eigenvalue weighted by atomic mass is 35.5. The molecule has 1 saturated carbocycles. The van der Waals surface area contributed by atoms with Crippen molar-refractivity contribution in [3.8, 4) is 0 Å². The van der Waals surface area contributed by atoms with Crippen LogP contribution in [0.4, 0.5) is 0 Å². The zero-order valence-electron chi connectivity index (χ0n) is 8.86. The summed E-state index contributed by atoms with van der Waals surface area (Å²) in [5.74, 6) is 1.39. The molecule has 0 radical (unpaired) electrons. The van der Waals surface area contributed by atoms with E-state index in [9.17, 15) is 0 Å². The van der Waals surface area contributed by atoms with Crippen LogP contribution in [0.15, 0.2) is 12.5 Å². The van der Waals surface area contributed by atoms with Gasteiger partial charge in [0, 0.05) is 26.0 Å². The SMILES string of the molecule is ClCc1cncn1CCCOCC1CC1. The van der Waals surface area contributed by atoms with E-state index >= 15 is 0 Å². The Bertz CT molecular complexity index is 297. The molecule has 1 aromatic heterocycles. The number of halogens is 1. The molecule has 0 spiro atoms. The largest absolute Gasteiger partial charge is 0.381 e. The summed E-state index contributed by atoms with van der Waals surface area (Å²) in [6.45, 7) is 2.75. The van der Waals surface area contributed by atoms with Crippen LogP contribution in [0.1, 0.15) is 25.0 Å². The minimum atomic E-state index is 0.531. The quantitative estimate of drug-likeness (QED) is 0.530. The molecule has 2 rings (SSSR count). The Kier molecular flexibility index (Phi) is 4.03. The zero-order valence-corrected chi connectivity index (χ0v) is 9.62. The van der Waals surface area contributed by atoms with Gasteiger partial charge in [-0.3, -0.25) is 0 Å². The Labute approximate surface area is 95.4 Å². The van der Waals surface area contributed by atoms with E-state index in [-0.39, 0.29) is 0 Å². The first-order valence-corrected chi connectivity index (χ1v) is 6.06. The first-order chi connectivity index (χ1) is 7.40. The lowest BCUT2D eigenvalue weighted by Gasteiger charge is -2.06. The van der Waals surface area contributed by atoms with Gasteiger partial charge in [-0.15, -0.1) is 11.6 Å². The van der Waals surface area contributed by atoms with Gasteiger partial charge in [-0.25, -0.2) is 4.98 Å². The maximum absolute atomic E-state index is 5.77. The lowest BCUT2D eigenvalue weighted by molar-refractivity contribution is 0.119. The molecule has 1 aliphatic rings. The summed E-state index contributed by atoms with van der Waals surface area (Å²) >= 11 is 5.77. The predicted octanol–water partition coefficient (Wildman–Crippen LogP) is 2.44. The minimum Gasteiger partial charge on any atom is -0.381 e. The van der Waals surface area contributed by atoms with Crippen LogP contribution in [0.2, 0.25) is 0 Å². The normalized spacial score (nSPS) is 15.8. The highest BCUT2D eigenvalue weighted by Crippen LogP contribution is 2.28. The Morgan fingerprint density at radius 2 is 2.40 bits per heavy atom. The van der Waals surface area contributed by atoms with Crippen LogP contribution in [0.3, 0.4) is 0 Å². The Morgan fingerprint density at radius 3 is 3.13 bits per heavy atom. The number of hydrogen-bond acceptors (Lipinski definition) is 2. The molecule has 0 saturated heterocycles. The molecule has 0 atom stereocenters. The fourth-order valence-corrected chi connectivity index (χ4v) is 1.75. The molecule has 84 valence electrons. The maximum Gasteiger partial charge on any atom is 0.0948 e. The summed E-state index contributed by atoms with van der Waals surface area (Å²) < 4.78 is 7.65. The smallest absolute Gasteiger partial charge is 0.0948 e. The van der Waals surface area contributed by atoms with Gasteiger partial charge in [0.2, 0.25) is 0 Å². The van der Waals surface area contributed by atoms with Gasteiger partial charge in [-0.2, -0.15) is 0 Å². The summed E-state index contributed by atoms with van der Waals surface area (Å²) in [6.07, 6.45) is 7.40. The zero-order chi connectivity index (χ0) is 10.5. The van der Waals surface area contributed by atoms with Crippen LogP contribution in [-0.4, -0.2) is 22.8 Å². The molecule has 3 nitrogen and oxygen atoms in total. The third kappa shape index (κ3) is 3.50. The number of aromatic nitrogens is 2. The lowest BCUT2D eigenvalue weighted by Crippen LogP contribution is -2.05. The third-order valence-electron chi connectivity index (χ3n) is 2.67. The average molecular weight is 229 g/mol. The number of hydrogen-bond donors (Lipinski definition) is 0. The number of rotatable bonds is 7. The number of alkyl halides is 1. The summed E-state index contributed by atoms with van der Waals surface area (Å²) in [5.41, 5.74) is 1.08. The van der Waals surface area contributed by atoms with Crippen molar-refractivity contribution < 1.29 is 4.74 Å². The fourth-order valence-electron chi connectivity index (χ4n) is 1.53. The second-order valence-electron chi connectivity index (χ2n) is 4.08. The van der Waals surface area contributed by atoms with E-state index < -0.39 is 0 Å². The van der Waals surface area contributed by atoms with Crippen LogP contribution >= 0.6 is 11.6 Å². The standard InChI is InChI=1S/C11H17ClN2O/c12-6-11-7-13-9-14(11)4-1-5-15-8-10-2-3-10/h7,9-10H,1-6,8H2. The molecule has 0 bridgehead atoms. The first-order valence-electron chi connectivity index (χ1n) is 5.53. The molecular weight excluding hydrogens is 212 g/mol. The van der Waals surface area contributed by atoms with Crippen LogP contribution in [-0.2, 0) is 17.2 Å². The van der Waals surface area contributed by atoms with Gasteiger partial charge >= 0.3 is 0 Å². The molecule has 0 unspecified atom stereocenters. The van der Waals surface area contributed by atoms with Crippen LogP contribution in [0.25, 0.3) is 0 Å². The predicted molar refractivity (Wildman–Crippen MR) is 59.9 cm³/mol. The molecule has 1 aromatic rings. The molecule has 0 amide bonds. The summed E-state index contributed by atoms with van der Waals surface area (Å²) in [4.78, 5) is 4.07. The van der Waals surface area contributed by atoms with Gasteiger partial charge < -0.3 is 9.30 Å². The van der Waals surface area contributed by atoms with E-state index in [0.29, 0.717) is 5.88 Å². The van der Waals surface area contributed by atoms with Crippen LogP contribution in [0.5, 0.6) is 0 Å². The Balaban J connectivity index is 1.59. The number of ether oxygens (including phenoxy) is 1. The molecule has 15 heavy (non-hydrogen) atoms. The number of nitrogens with zero attached hydrogens (tertiary/aromatic N) is 2. The van der Waals surface area contributed by atoms with Crippen molar-refractivity contribution in [3.63, 3.8) is 0 Å². The summed E-state index contributed by atoms with van der Waals surface area (Å²) in [7, 11) is 0. The van der Waals surface area contributed by atoms with Gasteiger partial charge in [-0.05, 0) is 25.2 Å². The molecular formula is C11H17ClN2O. The first kappa shape index (κ1) is 11.0. The van der Waals surface area contributed by atoms with Crippen LogP contribution < -0.4 is 0 Å². The van der Waals surface area contributed by atoms with E-state index in [0.717, 1.165) is 37.8 Å². The van der Waals surface area contributed by atoms with Crippen molar-refractivity contribution in [1.29, 1.82) is 0 Å². The monoisotopic (exact) mass is 228 g/mol. The van der Waals surface area contributed by atoms with E-state index in [4.69, 9.17) is 16.3 Å². The maximum atomic E-state index is 5.77. The van der Waals surface area contributed by atoms with E-state index in [2.05, 4.69) is 9.55 Å². The second kappa shape index (κ2) is 5.52. The molecule has 1 fully saturated rings. The van der Waals surface area contributed by atoms with Crippen molar-refractivity contribution in [1.82, 2.24) is 9.55 Å². The lowest BCUT2D eigenvalue weighted by atomic mass is 10.4. The highest BCUT2D eigenvalue weighted by Gasteiger charge is 2.20. The molecule has 1 aliphatic carbocycles. The topological polar surface area (TPSA) is 27.1 Å². The van der Waals surface area contributed by atoms with Gasteiger partial charge in [0.1, 0.15) is 0 Å². The number of imidazole rings is 1. The van der Waals surface area contributed by atoms with E-state index in [1.54, 1.807) is 0 Å². The minimum absolute atomic E-state index is 0.531. The second-order valence-corrected chi connectivity index (χ2v) is 4.35. The van der Waals surface area contributed by atoms with Gasteiger partial charge in [-0.1, -0.05) is 0 Å².